The van der Waals surface area contributed by atoms with Crippen molar-refractivity contribution in [2.24, 2.45) is 0 Å². The molecule has 92 valence electrons. The van der Waals surface area contributed by atoms with Gasteiger partial charge in [-0.2, -0.15) is 0 Å². The molecule has 0 saturated heterocycles. The fourth-order valence-electron chi connectivity index (χ4n) is 1.10. The van der Waals surface area contributed by atoms with Crippen LogP contribution in [0.25, 0.3) is 0 Å². The lowest BCUT2D eigenvalue weighted by molar-refractivity contribution is 0.0696. The van der Waals surface area contributed by atoms with Gasteiger partial charge in [-0.1, -0.05) is 0 Å². The summed E-state index contributed by atoms with van der Waals surface area (Å²) in [5, 5.41) is 10.8. The van der Waals surface area contributed by atoms with Gasteiger partial charge in [-0.05, 0) is 32.0 Å². The van der Waals surface area contributed by atoms with E-state index in [-0.39, 0.29) is 17.4 Å². The van der Waals surface area contributed by atoms with Crippen LogP contribution in [0.3, 0.4) is 0 Å². The van der Waals surface area contributed by atoms with Crippen LogP contribution in [0.5, 0.6) is 0 Å². The molecule has 0 bridgehead atoms. The van der Waals surface area contributed by atoms with Crippen molar-refractivity contribution < 1.29 is 23.8 Å². The largest absolute Gasteiger partial charge is 0.478 e. The van der Waals surface area contributed by atoms with Gasteiger partial charge in [0.15, 0.2) is 0 Å². The number of nitrogens with one attached hydrogen (secondary N) is 1. The third-order valence-electron chi connectivity index (χ3n) is 1.80. The zero-order chi connectivity index (χ0) is 13.0. The number of amides is 1. The highest BCUT2D eigenvalue weighted by Gasteiger charge is 2.11. The van der Waals surface area contributed by atoms with Crippen molar-refractivity contribution in [3.8, 4) is 0 Å². The lowest BCUT2D eigenvalue weighted by Gasteiger charge is -2.10. The number of hydrogen-bond acceptors (Lipinski definition) is 3. The zero-order valence-corrected chi connectivity index (χ0v) is 9.36. The number of aromatic carboxylic acids is 1. The fourth-order valence-corrected chi connectivity index (χ4v) is 1.10. The van der Waals surface area contributed by atoms with Crippen LogP contribution in [-0.2, 0) is 4.74 Å². The molecule has 17 heavy (non-hydrogen) atoms. The van der Waals surface area contributed by atoms with Crippen molar-refractivity contribution >= 4 is 17.7 Å². The van der Waals surface area contributed by atoms with Gasteiger partial charge in [-0.25, -0.2) is 14.0 Å². The first-order valence-corrected chi connectivity index (χ1v) is 4.90. The number of carbonyl (C=O) groups excluding carboxylic acids is 1. The van der Waals surface area contributed by atoms with Crippen LogP contribution in [0, 0.1) is 5.82 Å². The summed E-state index contributed by atoms with van der Waals surface area (Å²) in [7, 11) is 0. The maximum atomic E-state index is 13.4. The van der Waals surface area contributed by atoms with E-state index in [9.17, 15) is 14.0 Å². The van der Waals surface area contributed by atoms with Crippen molar-refractivity contribution in [1.29, 1.82) is 0 Å². The first-order chi connectivity index (χ1) is 7.90. The van der Waals surface area contributed by atoms with Crippen LogP contribution in [0.1, 0.15) is 24.2 Å². The molecule has 0 heterocycles. The van der Waals surface area contributed by atoms with Gasteiger partial charge in [0, 0.05) is 0 Å². The average molecular weight is 241 g/mol. The third kappa shape index (κ3) is 3.75. The van der Waals surface area contributed by atoms with Gasteiger partial charge in [-0.15, -0.1) is 0 Å². The molecule has 0 aliphatic heterocycles. The molecule has 1 rings (SSSR count). The Morgan fingerprint density at radius 2 is 2.06 bits per heavy atom. The van der Waals surface area contributed by atoms with E-state index in [1.807, 2.05) is 0 Å². The van der Waals surface area contributed by atoms with Gasteiger partial charge in [0.1, 0.15) is 5.82 Å². The maximum absolute atomic E-state index is 13.4. The van der Waals surface area contributed by atoms with Gasteiger partial charge in [0.05, 0.1) is 17.4 Å². The van der Waals surface area contributed by atoms with Crippen molar-refractivity contribution in [2.45, 2.75) is 20.0 Å². The Morgan fingerprint density at radius 1 is 1.41 bits per heavy atom. The third-order valence-corrected chi connectivity index (χ3v) is 1.80. The minimum atomic E-state index is -1.24. The number of carboxylic acid groups (broad SMARTS) is 1. The van der Waals surface area contributed by atoms with Crippen molar-refractivity contribution in [1.82, 2.24) is 0 Å². The molecule has 0 saturated carbocycles. The summed E-state index contributed by atoms with van der Waals surface area (Å²) in [6, 6.07) is 3.18. The molecule has 2 N–H and O–H groups in total. The number of carboxylic acids is 1. The predicted octanol–water partition coefficient (Wildman–Crippen LogP) is 2.48. The minimum absolute atomic E-state index is 0.124. The van der Waals surface area contributed by atoms with Crippen molar-refractivity contribution in [2.75, 3.05) is 5.32 Å². The van der Waals surface area contributed by atoms with Gasteiger partial charge < -0.3 is 9.84 Å². The van der Waals surface area contributed by atoms with Crippen LogP contribution in [-0.4, -0.2) is 23.3 Å². The molecule has 0 atom stereocenters. The molecular weight excluding hydrogens is 229 g/mol. The SMILES string of the molecule is CC(C)OC(=O)Nc1ccc(C(=O)O)cc1F. The summed E-state index contributed by atoms with van der Waals surface area (Å²) >= 11 is 0. The number of hydrogen-bond donors (Lipinski definition) is 2. The fraction of sp³-hybridized carbons (Fsp3) is 0.273. The topological polar surface area (TPSA) is 75.6 Å². The van der Waals surface area contributed by atoms with E-state index >= 15 is 0 Å². The van der Waals surface area contributed by atoms with Crippen molar-refractivity contribution in [3.05, 3.63) is 29.6 Å². The molecule has 0 radical (unpaired) electrons. The second-order valence-corrected chi connectivity index (χ2v) is 3.58. The number of carbonyl (C=O) groups is 2. The Kier molecular flexibility index (Phi) is 4.03. The molecule has 0 aromatic heterocycles. The summed E-state index contributed by atoms with van der Waals surface area (Å²) in [5.41, 5.74) is -0.314. The van der Waals surface area contributed by atoms with Gasteiger partial charge >= 0.3 is 12.1 Å². The van der Waals surface area contributed by atoms with Crippen LogP contribution in [0.15, 0.2) is 18.2 Å². The Morgan fingerprint density at radius 3 is 2.53 bits per heavy atom. The first-order valence-electron chi connectivity index (χ1n) is 4.90. The van der Waals surface area contributed by atoms with Gasteiger partial charge in [0.2, 0.25) is 0 Å². The molecular formula is C11H12FNO4. The molecule has 1 amide bonds. The number of anilines is 1. The summed E-state index contributed by atoms with van der Waals surface area (Å²) in [6.45, 7) is 3.31. The summed E-state index contributed by atoms with van der Waals surface area (Å²) in [5.74, 6) is -2.06. The van der Waals surface area contributed by atoms with E-state index in [1.54, 1.807) is 13.8 Å². The highest BCUT2D eigenvalue weighted by Crippen LogP contribution is 2.16. The average Bonchev–Trinajstić information content (AvgIpc) is 2.19. The van der Waals surface area contributed by atoms with Crippen LogP contribution in [0.4, 0.5) is 14.9 Å². The molecule has 1 aromatic rings. The standard InChI is InChI=1S/C11H12FNO4/c1-6(2)17-11(16)13-9-4-3-7(10(14)15)5-8(9)12/h3-6H,1-2H3,(H,13,16)(H,14,15). The van der Waals surface area contributed by atoms with Gasteiger partial charge in [0.25, 0.3) is 0 Å². The van der Waals surface area contributed by atoms with E-state index in [0.717, 1.165) is 6.07 Å². The van der Waals surface area contributed by atoms with E-state index in [4.69, 9.17) is 9.84 Å². The number of halogens is 1. The van der Waals surface area contributed by atoms with E-state index in [1.165, 1.54) is 12.1 Å². The Hall–Kier alpha value is -2.11. The molecule has 6 heteroatoms. The Balaban J connectivity index is 2.79. The molecule has 5 nitrogen and oxygen atoms in total. The minimum Gasteiger partial charge on any atom is -0.478 e. The molecule has 0 fully saturated rings. The second kappa shape index (κ2) is 5.29. The predicted molar refractivity (Wildman–Crippen MR) is 58.6 cm³/mol. The van der Waals surface area contributed by atoms with Crippen LogP contribution in [0.2, 0.25) is 0 Å². The Labute approximate surface area is 97.2 Å². The normalized spacial score (nSPS) is 10.1. The summed E-state index contributed by atoms with van der Waals surface area (Å²) in [4.78, 5) is 21.7. The van der Waals surface area contributed by atoms with E-state index in [2.05, 4.69) is 5.32 Å². The molecule has 0 aliphatic rings. The van der Waals surface area contributed by atoms with Crippen LogP contribution >= 0.6 is 0 Å². The van der Waals surface area contributed by atoms with E-state index in [0.29, 0.717) is 0 Å². The van der Waals surface area contributed by atoms with Crippen LogP contribution < -0.4 is 5.32 Å². The first kappa shape index (κ1) is 13.0. The highest BCUT2D eigenvalue weighted by atomic mass is 19.1. The lowest BCUT2D eigenvalue weighted by atomic mass is 10.2. The monoisotopic (exact) mass is 241 g/mol. The molecule has 0 unspecified atom stereocenters. The van der Waals surface area contributed by atoms with Gasteiger partial charge in [-0.3, -0.25) is 5.32 Å². The molecule has 0 spiro atoms. The van der Waals surface area contributed by atoms with Crippen molar-refractivity contribution in [3.63, 3.8) is 0 Å². The molecule has 1 aromatic carbocycles. The quantitative estimate of drug-likeness (QED) is 0.852. The molecule has 0 aliphatic carbocycles. The number of rotatable bonds is 3. The zero-order valence-electron chi connectivity index (χ0n) is 9.36. The highest BCUT2D eigenvalue weighted by molar-refractivity contribution is 5.90. The number of ether oxygens (including phenoxy) is 1. The maximum Gasteiger partial charge on any atom is 0.411 e. The number of benzene rings is 1. The second-order valence-electron chi connectivity index (χ2n) is 3.58. The Bertz CT molecular complexity index is 445. The summed E-state index contributed by atoms with van der Waals surface area (Å²) < 4.78 is 18.1. The van der Waals surface area contributed by atoms with E-state index < -0.39 is 17.9 Å². The lowest BCUT2D eigenvalue weighted by Crippen LogP contribution is -2.18. The summed E-state index contributed by atoms with van der Waals surface area (Å²) in [6.07, 6.45) is -1.11. The smallest absolute Gasteiger partial charge is 0.411 e.